The van der Waals surface area contributed by atoms with Crippen LogP contribution in [0.4, 0.5) is 11.4 Å². The Bertz CT molecular complexity index is 828. The van der Waals surface area contributed by atoms with E-state index >= 15 is 0 Å². The van der Waals surface area contributed by atoms with Gasteiger partial charge in [-0.15, -0.1) is 0 Å². The van der Waals surface area contributed by atoms with E-state index in [2.05, 4.69) is 0 Å². The molecule has 0 saturated carbocycles. The van der Waals surface area contributed by atoms with Crippen molar-refractivity contribution in [3.8, 4) is 0 Å². The van der Waals surface area contributed by atoms with Gasteiger partial charge >= 0.3 is 0 Å². The molecule has 2 N–H and O–H groups in total. The molecule has 0 radical (unpaired) electrons. The number of hydrazine groups is 1. The first-order valence-electron chi connectivity index (χ1n) is 7.78. The molecule has 0 heterocycles. The third kappa shape index (κ3) is 4.31. The van der Waals surface area contributed by atoms with Gasteiger partial charge in [0.25, 0.3) is 10.0 Å². The van der Waals surface area contributed by atoms with Gasteiger partial charge in [0.15, 0.2) is 0 Å². The molecule has 0 aliphatic heterocycles. The lowest BCUT2D eigenvalue weighted by atomic mass is 10.2. The lowest BCUT2D eigenvalue weighted by molar-refractivity contribution is -0.107. The van der Waals surface area contributed by atoms with Crippen molar-refractivity contribution in [2.45, 2.75) is 24.7 Å². The number of hydrogen-bond acceptors (Lipinski definition) is 4. The Hall–Kier alpha value is -2.09. The number of nitrogens with zero attached hydrogens (tertiary/aromatic N) is 2. The minimum Gasteiger partial charge on any atom is -0.277 e. The fourth-order valence-electron chi connectivity index (χ4n) is 2.36. The Morgan fingerprint density at radius 2 is 1.80 bits per heavy atom. The van der Waals surface area contributed by atoms with Crippen LogP contribution in [0.3, 0.4) is 0 Å². The van der Waals surface area contributed by atoms with Crippen molar-refractivity contribution in [3.63, 3.8) is 0 Å². The predicted molar refractivity (Wildman–Crippen MR) is 100 cm³/mol. The molecular formula is C17H20ClN3O3S. The summed E-state index contributed by atoms with van der Waals surface area (Å²) in [5.74, 6) is 5.69. The second-order valence-corrected chi connectivity index (χ2v) is 7.69. The standard InChI is InChI=1S/C17H20ClN3O3S/c1-2-3-11-21(25(23,24)15-7-5-4-6-8-15)17-12-14(18)9-10-16(17)20(19)13-22/h4-10,12-13H,2-3,11,19H2,1H3. The molecule has 8 heteroatoms. The summed E-state index contributed by atoms with van der Waals surface area (Å²) in [5.41, 5.74) is 0.523. The van der Waals surface area contributed by atoms with Crippen LogP contribution in [0.2, 0.25) is 5.02 Å². The predicted octanol–water partition coefficient (Wildman–Crippen LogP) is 3.17. The molecule has 0 aliphatic carbocycles. The van der Waals surface area contributed by atoms with Crippen molar-refractivity contribution < 1.29 is 13.2 Å². The van der Waals surface area contributed by atoms with Gasteiger partial charge in [-0.1, -0.05) is 43.1 Å². The van der Waals surface area contributed by atoms with Crippen molar-refractivity contribution >= 4 is 39.4 Å². The van der Waals surface area contributed by atoms with Gasteiger partial charge < -0.3 is 0 Å². The van der Waals surface area contributed by atoms with Crippen LogP contribution in [0, 0.1) is 0 Å². The molecule has 2 aromatic rings. The maximum atomic E-state index is 13.1. The zero-order chi connectivity index (χ0) is 18.4. The van der Waals surface area contributed by atoms with Gasteiger partial charge in [0, 0.05) is 11.6 Å². The molecule has 1 amide bonds. The zero-order valence-corrected chi connectivity index (χ0v) is 15.4. The summed E-state index contributed by atoms with van der Waals surface area (Å²) < 4.78 is 27.5. The molecule has 2 rings (SSSR count). The molecule has 134 valence electrons. The van der Waals surface area contributed by atoms with E-state index in [0.717, 1.165) is 11.4 Å². The Kier molecular flexibility index (Phi) is 6.41. The van der Waals surface area contributed by atoms with Gasteiger partial charge in [-0.05, 0) is 36.8 Å². The van der Waals surface area contributed by atoms with Crippen LogP contribution in [-0.4, -0.2) is 21.4 Å². The van der Waals surface area contributed by atoms with E-state index in [9.17, 15) is 13.2 Å². The Morgan fingerprint density at radius 1 is 1.12 bits per heavy atom. The molecule has 6 nitrogen and oxygen atoms in total. The van der Waals surface area contributed by atoms with Crippen molar-refractivity contribution in [2.24, 2.45) is 5.84 Å². The van der Waals surface area contributed by atoms with Gasteiger partial charge in [-0.3, -0.25) is 9.10 Å². The van der Waals surface area contributed by atoms with Crippen LogP contribution in [0.1, 0.15) is 19.8 Å². The molecule has 2 aromatic carbocycles. The lowest BCUT2D eigenvalue weighted by Gasteiger charge is -2.28. The lowest BCUT2D eigenvalue weighted by Crippen LogP contribution is -2.36. The molecular weight excluding hydrogens is 362 g/mol. The van der Waals surface area contributed by atoms with Crippen LogP contribution in [0.25, 0.3) is 0 Å². The Morgan fingerprint density at radius 3 is 2.40 bits per heavy atom. The average molecular weight is 382 g/mol. The number of anilines is 2. The molecule has 25 heavy (non-hydrogen) atoms. The maximum absolute atomic E-state index is 13.1. The highest BCUT2D eigenvalue weighted by molar-refractivity contribution is 7.92. The third-order valence-corrected chi connectivity index (χ3v) is 5.71. The molecule has 0 atom stereocenters. The number of amides is 1. The van der Waals surface area contributed by atoms with Crippen LogP contribution in [-0.2, 0) is 14.8 Å². The molecule has 0 bridgehead atoms. The number of unbranched alkanes of at least 4 members (excludes halogenated alkanes) is 1. The maximum Gasteiger partial charge on any atom is 0.264 e. The minimum absolute atomic E-state index is 0.159. The van der Waals surface area contributed by atoms with Crippen molar-refractivity contribution in [3.05, 3.63) is 53.6 Å². The van der Waals surface area contributed by atoms with E-state index < -0.39 is 10.0 Å². The number of halogens is 1. The quantitative estimate of drug-likeness (QED) is 0.329. The van der Waals surface area contributed by atoms with Crippen LogP contribution >= 0.6 is 11.6 Å². The van der Waals surface area contributed by atoms with Crippen LogP contribution in [0.5, 0.6) is 0 Å². The molecule has 0 unspecified atom stereocenters. The summed E-state index contributed by atoms with van der Waals surface area (Å²) in [6.45, 7) is 2.21. The number of rotatable bonds is 8. The summed E-state index contributed by atoms with van der Waals surface area (Å²) in [4.78, 5) is 11.3. The van der Waals surface area contributed by atoms with E-state index in [4.69, 9.17) is 17.4 Å². The molecule has 0 spiro atoms. The number of hydrogen-bond donors (Lipinski definition) is 1. The summed E-state index contributed by atoms with van der Waals surface area (Å²) in [6.07, 6.45) is 1.86. The van der Waals surface area contributed by atoms with E-state index in [0.29, 0.717) is 17.9 Å². The highest BCUT2D eigenvalue weighted by Gasteiger charge is 2.27. The number of nitrogens with two attached hydrogens (primary N) is 1. The van der Waals surface area contributed by atoms with Crippen molar-refractivity contribution in [2.75, 3.05) is 15.9 Å². The van der Waals surface area contributed by atoms with Gasteiger partial charge in [0.1, 0.15) is 0 Å². The average Bonchev–Trinajstić information content (AvgIpc) is 2.62. The van der Waals surface area contributed by atoms with Crippen LogP contribution in [0.15, 0.2) is 53.4 Å². The Labute approximate surface area is 152 Å². The summed E-state index contributed by atoms with van der Waals surface area (Å²) >= 11 is 6.07. The first kappa shape index (κ1) is 19.2. The topological polar surface area (TPSA) is 83.7 Å². The highest BCUT2D eigenvalue weighted by Crippen LogP contribution is 2.34. The van der Waals surface area contributed by atoms with E-state index in [1.807, 2.05) is 6.92 Å². The molecule has 0 aromatic heterocycles. The largest absolute Gasteiger partial charge is 0.277 e. The zero-order valence-electron chi connectivity index (χ0n) is 13.8. The van der Waals surface area contributed by atoms with E-state index in [1.165, 1.54) is 28.6 Å². The second kappa shape index (κ2) is 8.33. The van der Waals surface area contributed by atoms with Crippen molar-refractivity contribution in [1.29, 1.82) is 0 Å². The molecule has 0 fully saturated rings. The monoisotopic (exact) mass is 381 g/mol. The van der Waals surface area contributed by atoms with Gasteiger partial charge in [0.2, 0.25) is 6.41 Å². The van der Waals surface area contributed by atoms with E-state index in [1.54, 1.807) is 24.3 Å². The van der Waals surface area contributed by atoms with Gasteiger partial charge in [-0.25, -0.2) is 19.3 Å². The first-order chi connectivity index (χ1) is 11.9. The van der Waals surface area contributed by atoms with Crippen molar-refractivity contribution in [1.82, 2.24) is 0 Å². The number of carbonyl (C=O) groups excluding carboxylic acids is 1. The SMILES string of the molecule is CCCCN(c1cc(Cl)ccc1N(N)C=O)S(=O)(=O)c1ccccc1. The molecule has 0 aliphatic rings. The molecule has 0 saturated heterocycles. The summed E-state index contributed by atoms with van der Waals surface area (Å²) in [6, 6.07) is 12.7. The number of carbonyl (C=O) groups is 1. The summed E-state index contributed by atoms with van der Waals surface area (Å²) in [7, 11) is -3.83. The fraction of sp³-hybridized carbons (Fsp3) is 0.235. The number of benzene rings is 2. The smallest absolute Gasteiger partial charge is 0.264 e. The fourth-order valence-corrected chi connectivity index (χ4v) is 4.06. The first-order valence-corrected chi connectivity index (χ1v) is 9.60. The van der Waals surface area contributed by atoms with E-state index in [-0.39, 0.29) is 22.8 Å². The van der Waals surface area contributed by atoms with Gasteiger partial charge in [-0.2, -0.15) is 0 Å². The normalized spacial score (nSPS) is 11.2. The number of sulfonamides is 1. The second-order valence-electron chi connectivity index (χ2n) is 5.39. The summed E-state index contributed by atoms with van der Waals surface area (Å²) in [5, 5.41) is 1.19. The third-order valence-electron chi connectivity index (χ3n) is 3.64. The highest BCUT2D eigenvalue weighted by atomic mass is 35.5. The van der Waals surface area contributed by atoms with Gasteiger partial charge in [0.05, 0.1) is 16.3 Å². The Balaban J connectivity index is 2.63. The van der Waals surface area contributed by atoms with Crippen LogP contribution < -0.4 is 15.2 Å². The minimum atomic E-state index is -3.83.